The van der Waals surface area contributed by atoms with E-state index in [9.17, 15) is 19.5 Å². The van der Waals surface area contributed by atoms with Gasteiger partial charge in [0.25, 0.3) is 5.91 Å². The van der Waals surface area contributed by atoms with E-state index in [4.69, 9.17) is 9.47 Å². The molecule has 0 radical (unpaired) electrons. The number of benzene rings is 2. The number of rotatable bonds is 6. The summed E-state index contributed by atoms with van der Waals surface area (Å²) >= 11 is 0.974. The number of nitrogens with zero attached hydrogens (tertiary/aromatic N) is 1. The minimum absolute atomic E-state index is 0.0531. The Morgan fingerprint density at radius 3 is 2.41 bits per heavy atom. The lowest BCUT2D eigenvalue weighted by molar-refractivity contribution is -0.142. The van der Waals surface area contributed by atoms with Gasteiger partial charge in [0.15, 0.2) is 5.13 Å². The van der Waals surface area contributed by atoms with Crippen molar-refractivity contribution in [3.63, 3.8) is 0 Å². The predicted octanol–water partition coefficient (Wildman–Crippen LogP) is 3.33. The second-order valence-corrected chi connectivity index (χ2v) is 9.07. The van der Waals surface area contributed by atoms with Gasteiger partial charge >= 0.3 is 12.1 Å². The van der Waals surface area contributed by atoms with Gasteiger partial charge in [0.1, 0.15) is 17.4 Å². The van der Waals surface area contributed by atoms with E-state index in [2.05, 4.69) is 27.8 Å². The highest BCUT2D eigenvalue weighted by Crippen LogP contribution is 2.44. The number of hydrogen-bond donors (Lipinski definition) is 3. The van der Waals surface area contributed by atoms with Crippen LogP contribution >= 0.6 is 11.3 Å². The number of carbonyl (C=O) groups is 3. The van der Waals surface area contributed by atoms with Crippen LogP contribution in [0.3, 0.4) is 0 Å². The summed E-state index contributed by atoms with van der Waals surface area (Å²) in [7, 11) is 0. The summed E-state index contributed by atoms with van der Waals surface area (Å²) in [6.45, 7) is 0.348. The highest BCUT2D eigenvalue weighted by molar-refractivity contribution is 7.17. The summed E-state index contributed by atoms with van der Waals surface area (Å²) < 4.78 is 10.7. The monoisotopic (exact) mass is 479 g/mol. The fourth-order valence-corrected chi connectivity index (χ4v) is 5.04. The number of aliphatic carboxylic acids is 1. The van der Waals surface area contributed by atoms with Crippen molar-refractivity contribution in [3.8, 4) is 11.1 Å². The molecule has 1 aromatic heterocycles. The number of carboxylic acid groups (broad SMARTS) is 1. The summed E-state index contributed by atoms with van der Waals surface area (Å²) in [5.74, 6) is -2.36. The van der Waals surface area contributed by atoms with E-state index in [0.717, 1.165) is 33.6 Å². The molecule has 3 aromatic rings. The molecule has 2 aliphatic rings. The number of anilines is 1. The number of ether oxygens (including phenoxy) is 2. The molecule has 0 bridgehead atoms. The molecule has 2 amide bonds. The second kappa shape index (κ2) is 9.24. The minimum atomic E-state index is -1.02. The van der Waals surface area contributed by atoms with Gasteiger partial charge in [-0.3, -0.25) is 14.9 Å². The fraction of sp³-hybridized carbons (Fsp3) is 0.250. The molecule has 34 heavy (non-hydrogen) atoms. The molecule has 10 heteroatoms. The number of fused-ring (bicyclic) bond motifs is 3. The zero-order valence-corrected chi connectivity index (χ0v) is 18.7. The van der Waals surface area contributed by atoms with E-state index >= 15 is 0 Å². The van der Waals surface area contributed by atoms with E-state index in [0.29, 0.717) is 0 Å². The molecule has 1 aliphatic carbocycles. The molecule has 0 saturated carbocycles. The normalized spacial score (nSPS) is 18.7. The first-order valence-electron chi connectivity index (χ1n) is 10.7. The molecule has 2 atom stereocenters. The standard InChI is InChI=1S/C24H21N3O6S/c28-21(26-19-12-32-10-18(19)22(29)30)20-9-25-23(34-20)27-24(31)33-11-17-15-7-3-1-5-13(15)14-6-2-4-8-16(14)17/h1-9,17-19H,10-12H2,(H,26,28)(H,29,30)(H,25,27,31). The van der Waals surface area contributed by atoms with Crippen molar-refractivity contribution in [1.29, 1.82) is 0 Å². The molecule has 2 unspecified atom stereocenters. The van der Waals surface area contributed by atoms with Crippen molar-refractivity contribution < 1.29 is 29.0 Å². The van der Waals surface area contributed by atoms with Crippen molar-refractivity contribution in [2.75, 3.05) is 25.1 Å². The van der Waals surface area contributed by atoms with Crippen LogP contribution in [0.2, 0.25) is 0 Å². The van der Waals surface area contributed by atoms with Gasteiger partial charge in [-0.15, -0.1) is 0 Å². The van der Waals surface area contributed by atoms with E-state index in [1.807, 2.05) is 36.4 Å². The molecule has 1 fully saturated rings. The van der Waals surface area contributed by atoms with Gasteiger partial charge in [-0.1, -0.05) is 59.9 Å². The Morgan fingerprint density at radius 2 is 1.74 bits per heavy atom. The molecule has 2 heterocycles. The number of carbonyl (C=O) groups excluding carboxylic acids is 2. The second-order valence-electron chi connectivity index (χ2n) is 8.04. The maximum absolute atomic E-state index is 12.5. The summed E-state index contributed by atoms with van der Waals surface area (Å²) in [4.78, 5) is 40.4. The summed E-state index contributed by atoms with van der Waals surface area (Å²) in [5, 5.41) is 14.6. The van der Waals surface area contributed by atoms with Crippen molar-refractivity contribution in [3.05, 3.63) is 70.7 Å². The van der Waals surface area contributed by atoms with Crippen LogP contribution in [-0.4, -0.2) is 53.9 Å². The minimum Gasteiger partial charge on any atom is -0.481 e. The summed E-state index contributed by atoms with van der Waals surface area (Å²) in [5.41, 5.74) is 4.50. The number of carboxylic acids is 1. The highest BCUT2D eigenvalue weighted by Gasteiger charge is 2.35. The van der Waals surface area contributed by atoms with Crippen LogP contribution in [0.15, 0.2) is 54.7 Å². The van der Waals surface area contributed by atoms with Crippen LogP contribution in [0.25, 0.3) is 11.1 Å². The maximum Gasteiger partial charge on any atom is 0.413 e. The van der Waals surface area contributed by atoms with Gasteiger partial charge in [0.05, 0.1) is 25.5 Å². The first-order valence-corrected chi connectivity index (χ1v) is 11.5. The van der Waals surface area contributed by atoms with Gasteiger partial charge in [-0.2, -0.15) is 0 Å². The highest BCUT2D eigenvalue weighted by atomic mass is 32.1. The Balaban J connectivity index is 1.19. The SMILES string of the molecule is O=C(Nc1ncc(C(=O)NC2COCC2C(=O)O)s1)OCC1c2ccccc2-c2ccccc21. The third kappa shape index (κ3) is 4.25. The Kier molecular flexibility index (Phi) is 5.99. The average molecular weight is 480 g/mol. The smallest absolute Gasteiger partial charge is 0.413 e. The number of hydrogen-bond acceptors (Lipinski definition) is 7. The van der Waals surface area contributed by atoms with Gasteiger partial charge in [0, 0.05) is 5.92 Å². The van der Waals surface area contributed by atoms with Crippen molar-refractivity contribution in [2.24, 2.45) is 5.92 Å². The molecular formula is C24H21N3O6S. The topological polar surface area (TPSA) is 127 Å². The molecule has 2 aromatic carbocycles. The number of nitrogens with one attached hydrogen (secondary N) is 2. The van der Waals surface area contributed by atoms with E-state index in [-0.39, 0.29) is 35.7 Å². The van der Waals surface area contributed by atoms with Crippen molar-refractivity contribution >= 4 is 34.4 Å². The Morgan fingerprint density at radius 1 is 1.06 bits per heavy atom. The van der Waals surface area contributed by atoms with Crippen molar-refractivity contribution in [2.45, 2.75) is 12.0 Å². The number of amides is 2. The Labute approximate surface area is 198 Å². The molecule has 1 aliphatic heterocycles. The van der Waals surface area contributed by atoms with Gasteiger partial charge < -0.3 is 19.9 Å². The third-order valence-corrected chi connectivity index (χ3v) is 6.91. The largest absolute Gasteiger partial charge is 0.481 e. The van der Waals surface area contributed by atoms with E-state index in [1.54, 1.807) is 0 Å². The fourth-order valence-electron chi connectivity index (χ4n) is 4.34. The van der Waals surface area contributed by atoms with Gasteiger partial charge in [0.2, 0.25) is 0 Å². The molecule has 3 N–H and O–H groups in total. The lowest BCUT2D eigenvalue weighted by atomic mass is 9.98. The van der Waals surface area contributed by atoms with Crippen LogP contribution in [-0.2, 0) is 14.3 Å². The summed E-state index contributed by atoms with van der Waals surface area (Å²) in [6, 6.07) is 15.5. The van der Waals surface area contributed by atoms with E-state index < -0.39 is 29.9 Å². The zero-order chi connectivity index (χ0) is 23.7. The maximum atomic E-state index is 12.5. The van der Waals surface area contributed by atoms with Gasteiger partial charge in [-0.25, -0.2) is 9.78 Å². The lowest BCUT2D eigenvalue weighted by Gasteiger charge is -2.14. The van der Waals surface area contributed by atoms with Crippen LogP contribution in [0.5, 0.6) is 0 Å². The van der Waals surface area contributed by atoms with Gasteiger partial charge in [-0.05, 0) is 22.3 Å². The first-order chi connectivity index (χ1) is 16.5. The van der Waals surface area contributed by atoms with Crippen LogP contribution < -0.4 is 10.6 Å². The first kappa shape index (κ1) is 22.1. The lowest BCUT2D eigenvalue weighted by Crippen LogP contribution is -2.42. The molecule has 5 rings (SSSR count). The number of thiazole rings is 1. The van der Waals surface area contributed by atoms with Crippen molar-refractivity contribution in [1.82, 2.24) is 10.3 Å². The van der Waals surface area contributed by atoms with Crippen LogP contribution in [0.1, 0.15) is 26.7 Å². The molecule has 0 spiro atoms. The quantitative estimate of drug-likeness (QED) is 0.495. The average Bonchev–Trinajstić information content (AvgIpc) is 3.56. The Hall–Kier alpha value is -3.76. The predicted molar refractivity (Wildman–Crippen MR) is 124 cm³/mol. The third-order valence-electron chi connectivity index (χ3n) is 6.00. The molecule has 174 valence electrons. The van der Waals surface area contributed by atoms with E-state index in [1.165, 1.54) is 6.20 Å². The molecule has 1 saturated heterocycles. The zero-order valence-electron chi connectivity index (χ0n) is 17.9. The Bertz CT molecular complexity index is 1210. The molecule has 9 nitrogen and oxygen atoms in total. The van der Waals surface area contributed by atoms with Crippen LogP contribution in [0.4, 0.5) is 9.93 Å². The summed E-state index contributed by atoms with van der Waals surface area (Å²) in [6.07, 6.45) is 0.656. The number of aromatic nitrogens is 1. The molecular weight excluding hydrogens is 458 g/mol. The van der Waals surface area contributed by atoms with Crippen LogP contribution in [0, 0.1) is 5.92 Å².